The van der Waals surface area contributed by atoms with Gasteiger partial charge in [-0.15, -0.1) is 0 Å². The number of nitrogens with zero attached hydrogens (tertiary/aromatic N) is 3. The number of hydrogen-bond acceptors (Lipinski definition) is 5. The molecule has 0 bridgehead atoms. The van der Waals surface area contributed by atoms with Crippen molar-refractivity contribution in [2.45, 2.75) is 44.6 Å². The van der Waals surface area contributed by atoms with Gasteiger partial charge in [-0.05, 0) is 41.7 Å². The Labute approximate surface area is 170 Å². The molecule has 0 radical (unpaired) electrons. The van der Waals surface area contributed by atoms with Gasteiger partial charge in [-0.1, -0.05) is 50.2 Å². The molecule has 0 fully saturated rings. The summed E-state index contributed by atoms with van der Waals surface area (Å²) in [5.41, 5.74) is 2.27. The van der Waals surface area contributed by atoms with Gasteiger partial charge in [0.15, 0.2) is 0 Å². The second kappa shape index (κ2) is 7.68. The summed E-state index contributed by atoms with van der Waals surface area (Å²) in [7, 11) is -2.40. The van der Waals surface area contributed by atoms with E-state index in [0.29, 0.717) is 5.82 Å². The summed E-state index contributed by atoms with van der Waals surface area (Å²) in [4.78, 5) is 4.32. The third-order valence-corrected chi connectivity index (χ3v) is 6.47. The topological polar surface area (TPSA) is 76.3 Å². The van der Waals surface area contributed by atoms with E-state index in [0.717, 1.165) is 15.9 Å². The lowest BCUT2D eigenvalue weighted by Gasteiger charge is -2.18. The van der Waals surface area contributed by atoms with Crippen LogP contribution in [0, 0.1) is 12.7 Å². The summed E-state index contributed by atoms with van der Waals surface area (Å²) in [6.07, 6.45) is 0. The van der Waals surface area contributed by atoms with Gasteiger partial charge in [0.1, 0.15) is 5.82 Å². The fourth-order valence-corrected chi connectivity index (χ4v) is 3.99. The maximum Gasteiger partial charge on any atom is 0.243 e. The van der Waals surface area contributed by atoms with Crippen molar-refractivity contribution in [3.8, 4) is 11.4 Å². The van der Waals surface area contributed by atoms with Gasteiger partial charge in [0.2, 0.25) is 21.7 Å². The van der Waals surface area contributed by atoms with Crippen LogP contribution in [0.25, 0.3) is 11.4 Å². The Morgan fingerprint density at radius 2 is 1.76 bits per heavy atom. The molecular formula is C21H24FN3O3S. The van der Waals surface area contributed by atoms with Crippen LogP contribution in [-0.2, 0) is 22.0 Å². The molecule has 0 aliphatic rings. The number of hydrogen-bond donors (Lipinski definition) is 0. The maximum absolute atomic E-state index is 13.4. The molecule has 8 heteroatoms. The van der Waals surface area contributed by atoms with Gasteiger partial charge >= 0.3 is 0 Å². The number of benzene rings is 2. The fraction of sp³-hybridized carbons (Fsp3) is 0.333. The second-order valence-corrected chi connectivity index (χ2v) is 10.1. The fourth-order valence-electron chi connectivity index (χ4n) is 2.79. The van der Waals surface area contributed by atoms with Crippen LogP contribution in [0.5, 0.6) is 0 Å². The van der Waals surface area contributed by atoms with E-state index >= 15 is 0 Å². The van der Waals surface area contributed by atoms with Crippen molar-refractivity contribution in [1.29, 1.82) is 0 Å². The van der Waals surface area contributed by atoms with Gasteiger partial charge in [0.05, 0.1) is 11.4 Å². The Morgan fingerprint density at radius 3 is 2.34 bits per heavy atom. The van der Waals surface area contributed by atoms with Crippen LogP contribution in [-0.4, -0.2) is 29.9 Å². The van der Waals surface area contributed by atoms with Crippen molar-refractivity contribution < 1.29 is 17.3 Å². The molecule has 0 saturated carbocycles. The van der Waals surface area contributed by atoms with E-state index in [-0.39, 0.29) is 28.3 Å². The van der Waals surface area contributed by atoms with Crippen LogP contribution < -0.4 is 0 Å². The van der Waals surface area contributed by atoms with Crippen molar-refractivity contribution >= 4 is 10.0 Å². The van der Waals surface area contributed by atoms with E-state index in [9.17, 15) is 12.8 Å². The van der Waals surface area contributed by atoms with Crippen LogP contribution in [0.2, 0.25) is 0 Å². The van der Waals surface area contributed by atoms with Gasteiger partial charge in [-0.3, -0.25) is 0 Å². The average molecular weight is 418 g/mol. The monoisotopic (exact) mass is 417 g/mol. The molecule has 0 aliphatic heterocycles. The van der Waals surface area contributed by atoms with Crippen LogP contribution in [0.3, 0.4) is 0 Å². The molecular weight excluding hydrogens is 393 g/mol. The number of aryl methyl sites for hydroxylation is 1. The van der Waals surface area contributed by atoms with Gasteiger partial charge in [-0.25, -0.2) is 12.8 Å². The Kier molecular flexibility index (Phi) is 5.60. The predicted octanol–water partition coefficient (Wildman–Crippen LogP) is 4.30. The molecule has 1 heterocycles. The first-order valence-corrected chi connectivity index (χ1v) is 10.6. The minimum absolute atomic E-state index is 0.0106. The Hall–Kier alpha value is -2.58. The van der Waals surface area contributed by atoms with Crippen molar-refractivity contribution in [3.63, 3.8) is 0 Å². The molecule has 0 N–H and O–H groups in total. The molecule has 0 unspecified atom stereocenters. The first-order chi connectivity index (χ1) is 13.5. The highest BCUT2D eigenvalue weighted by atomic mass is 32.2. The predicted molar refractivity (Wildman–Crippen MR) is 108 cm³/mol. The summed E-state index contributed by atoms with van der Waals surface area (Å²) in [5, 5.41) is 3.95. The highest BCUT2D eigenvalue weighted by molar-refractivity contribution is 7.89. The smallest absolute Gasteiger partial charge is 0.243 e. The second-order valence-electron chi connectivity index (χ2n) is 8.01. The third kappa shape index (κ3) is 4.54. The zero-order chi connectivity index (χ0) is 21.4. The SMILES string of the molecule is Cc1cc(S(=O)(=O)N(C)Cc2nc(-c3ccc(C(C)(C)C)cc3)no2)ccc1F. The lowest BCUT2D eigenvalue weighted by molar-refractivity contribution is 0.336. The molecule has 0 spiro atoms. The van der Waals surface area contributed by atoms with Crippen molar-refractivity contribution in [1.82, 2.24) is 14.4 Å². The minimum Gasteiger partial charge on any atom is -0.338 e. The van der Waals surface area contributed by atoms with E-state index < -0.39 is 15.8 Å². The molecule has 6 nitrogen and oxygen atoms in total. The zero-order valence-corrected chi connectivity index (χ0v) is 17.9. The molecule has 0 aliphatic carbocycles. The summed E-state index contributed by atoms with van der Waals surface area (Å²) in [5.74, 6) is 0.110. The Balaban J connectivity index is 1.78. The molecule has 0 amide bonds. The standard InChI is InChI=1S/C21H24FN3O3S/c1-14-12-17(10-11-18(14)22)29(26,27)25(5)13-19-23-20(24-28-19)15-6-8-16(9-7-15)21(2,3)4/h6-12H,13H2,1-5H3. The summed E-state index contributed by atoms with van der Waals surface area (Å²) in [6.45, 7) is 7.82. The van der Waals surface area contributed by atoms with E-state index in [2.05, 4.69) is 30.9 Å². The van der Waals surface area contributed by atoms with Gasteiger partial charge < -0.3 is 4.52 Å². The van der Waals surface area contributed by atoms with E-state index in [1.54, 1.807) is 0 Å². The third-order valence-electron chi connectivity index (χ3n) is 4.67. The van der Waals surface area contributed by atoms with Crippen LogP contribution in [0.15, 0.2) is 51.9 Å². The van der Waals surface area contributed by atoms with E-state index in [1.807, 2.05) is 24.3 Å². The molecule has 0 saturated heterocycles. The highest BCUT2D eigenvalue weighted by Gasteiger charge is 2.24. The Morgan fingerprint density at radius 1 is 1.10 bits per heavy atom. The van der Waals surface area contributed by atoms with Crippen molar-refractivity contribution in [2.75, 3.05) is 7.05 Å². The largest absolute Gasteiger partial charge is 0.338 e. The lowest BCUT2D eigenvalue weighted by Crippen LogP contribution is -2.26. The first kappa shape index (κ1) is 21.1. The normalized spacial score (nSPS) is 12.5. The summed E-state index contributed by atoms with van der Waals surface area (Å²) >= 11 is 0. The van der Waals surface area contributed by atoms with Crippen LogP contribution >= 0.6 is 0 Å². The number of halogens is 1. The Bertz CT molecular complexity index is 1120. The van der Waals surface area contributed by atoms with Crippen molar-refractivity contribution in [2.24, 2.45) is 0 Å². The van der Waals surface area contributed by atoms with E-state index in [1.165, 1.54) is 31.7 Å². The number of rotatable bonds is 5. The van der Waals surface area contributed by atoms with Gasteiger partial charge in [0, 0.05) is 12.6 Å². The van der Waals surface area contributed by atoms with E-state index in [4.69, 9.17) is 4.52 Å². The maximum atomic E-state index is 13.4. The molecule has 154 valence electrons. The minimum atomic E-state index is -3.81. The molecule has 29 heavy (non-hydrogen) atoms. The van der Waals surface area contributed by atoms with Crippen molar-refractivity contribution in [3.05, 3.63) is 65.3 Å². The number of aromatic nitrogens is 2. The quantitative estimate of drug-likeness (QED) is 0.619. The average Bonchev–Trinajstić information content (AvgIpc) is 3.11. The summed E-state index contributed by atoms with van der Waals surface area (Å²) in [6, 6.07) is 11.5. The van der Waals surface area contributed by atoms with Gasteiger partial charge in [-0.2, -0.15) is 9.29 Å². The highest BCUT2D eigenvalue weighted by Crippen LogP contribution is 2.25. The number of sulfonamides is 1. The lowest BCUT2D eigenvalue weighted by atomic mass is 9.87. The molecule has 3 aromatic rings. The molecule has 0 atom stereocenters. The summed E-state index contributed by atoms with van der Waals surface area (Å²) < 4.78 is 45.2. The molecule has 1 aromatic heterocycles. The first-order valence-electron chi connectivity index (χ1n) is 9.14. The zero-order valence-electron chi connectivity index (χ0n) is 17.1. The molecule has 3 rings (SSSR count). The molecule has 2 aromatic carbocycles. The van der Waals surface area contributed by atoms with Gasteiger partial charge in [0.25, 0.3) is 0 Å². The van der Waals surface area contributed by atoms with Crippen LogP contribution in [0.4, 0.5) is 4.39 Å². The van der Waals surface area contributed by atoms with Crippen LogP contribution in [0.1, 0.15) is 37.8 Å².